The number of carbonyl (C=O) groups is 1. The van der Waals surface area contributed by atoms with Crippen molar-refractivity contribution in [1.29, 1.82) is 0 Å². The Balaban J connectivity index is 2.59. The Labute approximate surface area is 117 Å². The predicted octanol–water partition coefficient (Wildman–Crippen LogP) is 2.78. The van der Waals surface area contributed by atoms with Crippen LogP contribution in [0.2, 0.25) is 0 Å². The summed E-state index contributed by atoms with van der Waals surface area (Å²) in [6.45, 7) is 4.09. The van der Waals surface area contributed by atoms with Gasteiger partial charge in [0.2, 0.25) is 0 Å². The highest BCUT2D eigenvalue weighted by Crippen LogP contribution is 2.25. The van der Waals surface area contributed by atoms with Gasteiger partial charge in [-0.25, -0.2) is 9.48 Å². The Bertz CT molecular complexity index is 617. The molecule has 20 heavy (non-hydrogen) atoms. The van der Waals surface area contributed by atoms with E-state index in [0.717, 1.165) is 5.69 Å². The molecular formula is C15H18N2O3. The molecule has 1 N–H and O–H groups in total. The van der Waals surface area contributed by atoms with Crippen LogP contribution in [-0.4, -0.2) is 28.0 Å². The molecule has 0 atom stereocenters. The average Bonchev–Trinajstić information content (AvgIpc) is 2.81. The summed E-state index contributed by atoms with van der Waals surface area (Å²) in [6.07, 6.45) is 2.03. The number of nitrogens with zero attached hydrogens (tertiary/aromatic N) is 2. The van der Waals surface area contributed by atoms with Gasteiger partial charge < -0.3 is 9.84 Å². The van der Waals surface area contributed by atoms with E-state index in [9.17, 15) is 9.90 Å². The van der Waals surface area contributed by atoms with Crippen LogP contribution in [0.25, 0.3) is 5.69 Å². The molecule has 1 heterocycles. The Hall–Kier alpha value is -2.30. The number of methoxy groups -OCH3 is 1. The Morgan fingerprint density at radius 2 is 2.10 bits per heavy atom. The lowest BCUT2D eigenvalue weighted by Gasteiger charge is -2.13. The van der Waals surface area contributed by atoms with Crippen LogP contribution in [0.4, 0.5) is 0 Å². The molecule has 0 aliphatic rings. The van der Waals surface area contributed by atoms with Crippen molar-refractivity contribution < 1.29 is 14.6 Å². The van der Waals surface area contributed by atoms with Gasteiger partial charge in [0.25, 0.3) is 0 Å². The molecule has 0 unspecified atom stereocenters. The Morgan fingerprint density at radius 1 is 1.40 bits per heavy atom. The van der Waals surface area contributed by atoms with Crippen LogP contribution < -0.4 is 4.74 Å². The van der Waals surface area contributed by atoms with Gasteiger partial charge in [0.15, 0.2) is 0 Å². The van der Waals surface area contributed by atoms with Crippen molar-refractivity contribution in [2.75, 3.05) is 7.11 Å². The van der Waals surface area contributed by atoms with Crippen LogP contribution in [-0.2, 0) is 6.42 Å². The van der Waals surface area contributed by atoms with Crippen molar-refractivity contribution in [3.63, 3.8) is 0 Å². The zero-order valence-electron chi connectivity index (χ0n) is 11.8. The summed E-state index contributed by atoms with van der Waals surface area (Å²) in [5, 5.41) is 13.5. The lowest BCUT2D eigenvalue weighted by Crippen LogP contribution is -2.10. The first-order valence-corrected chi connectivity index (χ1v) is 6.48. The summed E-state index contributed by atoms with van der Waals surface area (Å²) in [5.74, 6) is 0.0394. The fourth-order valence-electron chi connectivity index (χ4n) is 2.15. The smallest absolute Gasteiger partial charge is 0.339 e. The second-order valence-electron chi connectivity index (χ2n) is 4.99. The second kappa shape index (κ2) is 5.77. The zero-order chi connectivity index (χ0) is 14.7. The van der Waals surface area contributed by atoms with Crippen molar-refractivity contribution in [2.45, 2.75) is 20.3 Å². The van der Waals surface area contributed by atoms with Crippen molar-refractivity contribution in [2.24, 2.45) is 5.92 Å². The van der Waals surface area contributed by atoms with Crippen molar-refractivity contribution in [3.8, 4) is 11.4 Å². The lowest BCUT2D eigenvalue weighted by atomic mass is 10.0. The first-order chi connectivity index (χ1) is 9.54. The third kappa shape index (κ3) is 2.66. The normalized spacial score (nSPS) is 10.8. The molecule has 0 aliphatic heterocycles. The molecule has 1 aromatic heterocycles. The summed E-state index contributed by atoms with van der Waals surface area (Å²) in [6, 6.07) is 7.43. The molecule has 106 valence electrons. The highest BCUT2D eigenvalue weighted by atomic mass is 16.5. The largest absolute Gasteiger partial charge is 0.494 e. The van der Waals surface area contributed by atoms with Crippen molar-refractivity contribution in [1.82, 2.24) is 9.78 Å². The number of hydrogen-bond acceptors (Lipinski definition) is 3. The summed E-state index contributed by atoms with van der Waals surface area (Å²) in [7, 11) is 1.59. The Kier molecular flexibility index (Phi) is 4.08. The van der Waals surface area contributed by atoms with Crippen LogP contribution in [0.5, 0.6) is 5.75 Å². The molecular weight excluding hydrogens is 256 g/mol. The van der Waals surface area contributed by atoms with Crippen LogP contribution in [0, 0.1) is 5.92 Å². The molecule has 0 spiro atoms. The summed E-state index contributed by atoms with van der Waals surface area (Å²) < 4.78 is 6.98. The number of carboxylic acid groups (broad SMARTS) is 1. The monoisotopic (exact) mass is 274 g/mol. The van der Waals surface area contributed by atoms with Gasteiger partial charge >= 0.3 is 5.97 Å². The molecule has 5 heteroatoms. The van der Waals surface area contributed by atoms with E-state index < -0.39 is 5.97 Å². The molecule has 5 nitrogen and oxygen atoms in total. The SMILES string of the molecule is COc1ccccc1-n1ncc(C(=O)O)c1CC(C)C. The molecule has 0 bridgehead atoms. The number of ether oxygens (including phenoxy) is 1. The van der Waals surface area contributed by atoms with E-state index >= 15 is 0 Å². The Morgan fingerprint density at radius 3 is 2.70 bits per heavy atom. The highest BCUT2D eigenvalue weighted by molar-refractivity contribution is 5.88. The van der Waals surface area contributed by atoms with E-state index in [-0.39, 0.29) is 5.56 Å². The molecule has 2 rings (SSSR count). The van der Waals surface area contributed by atoms with E-state index in [2.05, 4.69) is 5.10 Å². The summed E-state index contributed by atoms with van der Waals surface area (Å²) in [5.41, 5.74) is 1.68. The van der Waals surface area contributed by atoms with E-state index in [0.29, 0.717) is 23.8 Å². The minimum atomic E-state index is -0.957. The molecule has 0 radical (unpaired) electrons. The molecule has 1 aromatic carbocycles. The number of para-hydroxylation sites is 2. The van der Waals surface area contributed by atoms with Crippen LogP contribution in [0.1, 0.15) is 29.9 Å². The molecule has 0 saturated carbocycles. The molecule has 2 aromatic rings. The number of rotatable bonds is 5. The summed E-state index contributed by atoms with van der Waals surface area (Å²) >= 11 is 0. The number of carboxylic acids is 1. The van der Waals surface area contributed by atoms with Gasteiger partial charge in [0.05, 0.1) is 19.0 Å². The first kappa shape index (κ1) is 14.1. The topological polar surface area (TPSA) is 64.4 Å². The van der Waals surface area contributed by atoms with Gasteiger partial charge in [0, 0.05) is 0 Å². The molecule has 0 saturated heterocycles. The third-order valence-corrected chi connectivity index (χ3v) is 3.01. The average molecular weight is 274 g/mol. The maximum absolute atomic E-state index is 11.3. The minimum Gasteiger partial charge on any atom is -0.494 e. The second-order valence-corrected chi connectivity index (χ2v) is 4.99. The van der Waals surface area contributed by atoms with Gasteiger partial charge in [-0.05, 0) is 24.5 Å². The van der Waals surface area contributed by atoms with E-state index in [1.165, 1.54) is 6.20 Å². The van der Waals surface area contributed by atoms with Gasteiger partial charge in [-0.1, -0.05) is 26.0 Å². The van der Waals surface area contributed by atoms with Crippen LogP contribution >= 0.6 is 0 Å². The standard InChI is InChI=1S/C15H18N2O3/c1-10(2)8-13-11(15(18)19)9-16-17(13)12-6-4-5-7-14(12)20-3/h4-7,9-10H,8H2,1-3H3,(H,18,19). The maximum atomic E-state index is 11.3. The van der Waals surface area contributed by atoms with Gasteiger partial charge in [-0.3, -0.25) is 0 Å². The predicted molar refractivity (Wildman–Crippen MR) is 75.6 cm³/mol. The van der Waals surface area contributed by atoms with Crippen molar-refractivity contribution in [3.05, 3.63) is 41.7 Å². The number of hydrogen-bond donors (Lipinski definition) is 1. The molecule has 0 fully saturated rings. The number of aromatic nitrogens is 2. The van der Waals surface area contributed by atoms with Crippen LogP contribution in [0.15, 0.2) is 30.5 Å². The fourth-order valence-corrected chi connectivity index (χ4v) is 2.15. The quantitative estimate of drug-likeness (QED) is 0.910. The zero-order valence-corrected chi connectivity index (χ0v) is 11.8. The van der Waals surface area contributed by atoms with E-state index in [4.69, 9.17) is 4.74 Å². The molecule has 0 amide bonds. The maximum Gasteiger partial charge on any atom is 0.339 e. The number of aromatic carboxylic acids is 1. The first-order valence-electron chi connectivity index (χ1n) is 6.48. The van der Waals surface area contributed by atoms with Gasteiger partial charge in [-0.15, -0.1) is 0 Å². The highest BCUT2D eigenvalue weighted by Gasteiger charge is 2.20. The minimum absolute atomic E-state index is 0.240. The van der Waals surface area contributed by atoms with E-state index in [1.54, 1.807) is 11.8 Å². The lowest BCUT2D eigenvalue weighted by molar-refractivity contribution is 0.0695. The molecule has 0 aliphatic carbocycles. The van der Waals surface area contributed by atoms with Crippen LogP contribution in [0.3, 0.4) is 0 Å². The third-order valence-electron chi connectivity index (χ3n) is 3.01. The van der Waals surface area contributed by atoms with Crippen molar-refractivity contribution >= 4 is 5.97 Å². The fraction of sp³-hybridized carbons (Fsp3) is 0.333. The van der Waals surface area contributed by atoms with Gasteiger partial charge in [-0.2, -0.15) is 5.10 Å². The van der Waals surface area contributed by atoms with Gasteiger partial charge in [0.1, 0.15) is 17.0 Å². The van der Waals surface area contributed by atoms with E-state index in [1.807, 2.05) is 38.1 Å². The summed E-state index contributed by atoms with van der Waals surface area (Å²) in [4.78, 5) is 11.3. The number of benzene rings is 1.